The predicted molar refractivity (Wildman–Crippen MR) is 73.1 cm³/mol. The summed E-state index contributed by atoms with van der Waals surface area (Å²) in [5.74, 6) is 0.571. The zero-order valence-corrected chi connectivity index (χ0v) is 11.4. The highest BCUT2D eigenvalue weighted by molar-refractivity contribution is 5.19. The van der Waals surface area contributed by atoms with E-state index in [-0.39, 0.29) is 0 Å². The molecule has 2 unspecified atom stereocenters. The minimum Gasteiger partial charge on any atom is -0.380 e. The fourth-order valence-electron chi connectivity index (χ4n) is 1.98. The maximum Gasteiger partial charge on any atom is 0.0616 e. The van der Waals surface area contributed by atoms with Gasteiger partial charge in [0.25, 0.3) is 0 Å². The molecular weight excluding hydrogens is 210 g/mol. The molecule has 0 aliphatic heterocycles. The van der Waals surface area contributed by atoms with E-state index < -0.39 is 0 Å². The van der Waals surface area contributed by atoms with Crippen molar-refractivity contribution in [1.82, 2.24) is 5.32 Å². The first-order chi connectivity index (χ1) is 8.15. The number of ether oxygens (including phenoxy) is 1. The molecule has 96 valence electrons. The summed E-state index contributed by atoms with van der Waals surface area (Å²) in [6, 6.07) is 11.4. The zero-order valence-electron chi connectivity index (χ0n) is 11.4. The first-order valence-corrected chi connectivity index (χ1v) is 6.53. The number of hydrogen-bond donors (Lipinski definition) is 1. The second kappa shape index (κ2) is 7.46. The van der Waals surface area contributed by atoms with Crippen LogP contribution in [-0.4, -0.2) is 19.3 Å². The van der Waals surface area contributed by atoms with Gasteiger partial charge in [0.1, 0.15) is 0 Å². The molecule has 0 aliphatic carbocycles. The van der Waals surface area contributed by atoms with E-state index in [1.54, 1.807) is 0 Å². The van der Waals surface area contributed by atoms with Crippen molar-refractivity contribution < 1.29 is 4.74 Å². The van der Waals surface area contributed by atoms with Gasteiger partial charge in [0.2, 0.25) is 0 Å². The molecule has 1 N–H and O–H groups in total. The molecule has 1 aromatic rings. The standard InChI is InChI=1S/C15H25NO/c1-5-17-11-13(4)16-15(12(2)3)14-9-7-6-8-10-14/h6-10,12-13,15-16H,5,11H2,1-4H3. The highest BCUT2D eigenvalue weighted by Crippen LogP contribution is 2.21. The van der Waals surface area contributed by atoms with Gasteiger partial charge >= 0.3 is 0 Å². The van der Waals surface area contributed by atoms with E-state index in [9.17, 15) is 0 Å². The molecule has 0 bridgehead atoms. The summed E-state index contributed by atoms with van der Waals surface area (Å²) in [4.78, 5) is 0. The topological polar surface area (TPSA) is 21.3 Å². The van der Waals surface area contributed by atoms with Crippen LogP contribution < -0.4 is 5.32 Å². The van der Waals surface area contributed by atoms with Crippen LogP contribution in [0.5, 0.6) is 0 Å². The second-order valence-corrected chi connectivity index (χ2v) is 4.86. The van der Waals surface area contributed by atoms with Crippen LogP contribution in [0.3, 0.4) is 0 Å². The zero-order chi connectivity index (χ0) is 12.7. The lowest BCUT2D eigenvalue weighted by Gasteiger charge is -2.26. The largest absolute Gasteiger partial charge is 0.380 e. The van der Waals surface area contributed by atoms with Crippen molar-refractivity contribution in [3.05, 3.63) is 35.9 Å². The summed E-state index contributed by atoms with van der Waals surface area (Å²) < 4.78 is 5.45. The first-order valence-electron chi connectivity index (χ1n) is 6.53. The van der Waals surface area contributed by atoms with Crippen molar-refractivity contribution in [2.75, 3.05) is 13.2 Å². The lowest BCUT2D eigenvalue weighted by atomic mass is 9.95. The van der Waals surface area contributed by atoms with E-state index in [1.165, 1.54) is 5.56 Å². The summed E-state index contributed by atoms with van der Waals surface area (Å²) in [6.45, 7) is 10.3. The third-order valence-corrected chi connectivity index (χ3v) is 2.86. The molecule has 0 spiro atoms. The Morgan fingerprint density at radius 2 is 1.76 bits per heavy atom. The number of benzene rings is 1. The van der Waals surface area contributed by atoms with Gasteiger partial charge in [-0.1, -0.05) is 44.2 Å². The van der Waals surface area contributed by atoms with E-state index in [2.05, 4.69) is 56.4 Å². The van der Waals surface area contributed by atoms with Gasteiger partial charge in [-0.3, -0.25) is 0 Å². The SMILES string of the molecule is CCOCC(C)NC(c1ccccc1)C(C)C. The van der Waals surface area contributed by atoms with Crippen molar-refractivity contribution in [2.24, 2.45) is 5.92 Å². The average Bonchev–Trinajstić information content (AvgIpc) is 2.34. The first kappa shape index (κ1) is 14.2. The Labute approximate surface area is 105 Å². The minimum absolute atomic E-state index is 0.377. The molecule has 0 saturated heterocycles. The molecule has 1 rings (SSSR count). The Morgan fingerprint density at radius 1 is 1.12 bits per heavy atom. The van der Waals surface area contributed by atoms with Gasteiger partial charge in [-0.2, -0.15) is 0 Å². The van der Waals surface area contributed by atoms with Crippen molar-refractivity contribution in [3.63, 3.8) is 0 Å². The molecule has 2 heteroatoms. The quantitative estimate of drug-likeness (QED) is 0.782. The monoisotopic (exact) mass is 235 g/mol. The number of rotatable bonds is 7. The fourth-order valence-corrected chi connectivity index (χ4v) is 1.98. The minimum atomic E-state index is 0.377. The Bertz CT molecular complexity index is 297. The van der Waals surface area contributed by atoms with E-state index >= 15 is 0 Å². The Hall–Kier alpha value is -0.860. The van der Waals surface area contributed by atoms with Crippen LogP contribution in [0.4, 0.5) is 0 Å². The number of hydrogen-bond acceptors (Lipinski definition) is 2. The summed E-state index contributed by atoms with van der Waals surface area (Å²) in [7, 11) is 0. The van der Waals surface area contributed by atoms with Crippen LogP contribution in [0.2, 0.25) is 0 Å². The fraction of sp³-hybridized carbons (Fsp3) is 0.600. The lowest BCUT2D eigenvalue weighted by Crippen LogP contribution is -2.36. The molecular formula is C15H25NO. The van der Waals surface area contributed by atoms with Crippen LogP contribution in [-0.2, 0) is 4.74 Å². The van der Waals surface area contributed by atoms with Crippen LogP contribution in [0.25, 0.3) is 0 Å². The normalized spacial score (nSPS) is 14.9. The molecule has 2 atom stereocenters. The van der Waals surface area contributed by atoms with E-state index in [1.807, 2.05) is 6.92 Å². The lowest BCUT2D eigenvalue weighted by molar-refractivity contribution is 0.120. The van der Waals surface area contributed by atoms with Crippen LogP contribution in [0.1, 0.15) is 39.3 Å². The molecule has 0 heterocycles. The molecule has 0 radical (unpaired) electrons. The van der Waals surface area contributed by atoms with E-state index in [0.717, 1.165) is 13.2 Å². The van der Waals surface area contributed by atoms with Crippen LogP contribution in [0.15, 0.2) is 30.3 Å². The molecule has 0 saturated carbocycles. The van der Waals surface area contributed by atoms with Crippen molar-refractivity contribution in [3.8, 4) is 0 Å². The third-order valence-electron chi connectivity index (χ3n) is 2.86. The number of nitrogens with one attached hydrogen (secondary N) is 1. The Balaban J connectivity index is 2.61. The van der Waals surface area contributed by atoms with Crippen molar-refractivity contribution >= 4 is 0 Å². The molecule has 2 nitrogen and oxygen atoms in total. The maximum atomic E-state index is 5.45. The van der Waals surface area contributed by atoms with Crippen molar-refractivity contribution in [2.45, 2.75) is 39.8 Å². The van der Waals surface area contributed by atoms with Crippen LogP contribution >= 0.6 is 0 Å². The third kappa shape index (κ3) is 4.88. The van der Waals surface area contributed by atoms with Gasteiger partial charge in [-0.25, -0.2) is 0 Å². The summed E-state index contributed by atoms with van der Waals surface area (Å²) in [5, 5.41) is 3.64. The second-order valence-electron chi connectivity index (χ2n) is 4.86. The van der Waals surface area contributed by atoms with Gasteiger partial charge in [0, 0.05) is 18.7 Å². The highest BCUT2D eigenvalue weighted by Gasteiger charge is 2.17. The van der Waals surface area contributed by atoms with Crippen LogP contribution in [0, 0.1) is 5.92 Å². The maximum absolute atomic E-state index is 5.45. The van der Waals surface area contributed by atoms with Gasteiger partial charge in [0.15, 0.2) is 0 Å². The summed E-state index contributed by atoms with van der Waals surface area (Å²) in [6.07, 6.45) is 0. The van der Waals surface area contributed by atoms with Gasteiger partial charge in [-0.05, 0) is 25.3 Å². The molecule has 1 aromatic carbocycles. The molecule has 0 aliphatic rings. The smallest absolute Gasteiger partial charge is 0.0616 e. The summed E-state index contributed by atoms with van der Waals surface area (Å²) >= 11 is 0. The summed E-state index contributed by atoms with van der Waals surface area (Å²) in [5.41, 5.74) is 1.35. The van der Waals surface area contributed by atoms with Gasteiger partial charge < -0.3 is 10.1 Å². The molecule has 0 aromatic heterocycles. The predicted octanol–water partition coefficient (Wildman–Crippen LogP) is 3.40. The highest BCUT2D eigenvalue weighted by atomic mass is 16.5. The Morgan fingerprint density at radius 3 is 2.29 bits per heavy atom. The van der Waals surface area contributed by atoms with Crippen molar-refractivity contribution in [1.29, 1.82) is 0 Å². The average molecular weight is 235 g/mol. The molecule has 0 amide bonds. The van der Waals surface area contributed by atoms with Gasteiger partial charge in [0.05, 0.1) is 6.61 Å². The van der Waals surface area contributed by atoms with E-state index in [4.69, 9.17) is 4.74 Å². The molecule has 0 fully saturated rings. The van der Waals surface area contributed by atoms with Gasteiger partial charge in [-0.15, -0.1) is 0 Å². The van der Waals surface area contributed by atoms with E-state index in [0.29, 0.717) is 18.0 Å². The molecule has 17 heavy (non-hydrogen) atoms. The Kier molecular flexibility index (Phi) is 6.23.